The van der Waals surface area contributed by atoms with Crippen molar-refractivity contribution in [2.45, 2.75) is 32.9 Å². The predicted octanol–water partition coefficient (Wildman–Crippen LogP) is 1.69. The molecule has 0 fully saturated rings. The fraction of sp³-hybridized carbons (Fsp3) is 0.357. The number of aryl methyl sites for hydroxylation is 1. The fourth-order valence-corrected chi connectivity index (χ4v) is 2.17. The summed E-state index contributed by atoms with van der Waals surface area (Å²) in [6, 6.07) is 4.02. The number of aromatic nitrogens is 5. The van der Waals surface area contributed by atoms with Crippen LogP contribution in [0.2, 0.25) is 0 Å². The van der Waals surface area contributed by atoms with Gasteiger partial charge in [0.25, 0.3) is 0 Å². The second kappa shape index (κ2) is 5.05. The highest BCUT2D eigenvalue weighted by atomic mass is 15.4. The van der Waals surface area contributed by atoms with Crippen LogP contribution < -0.4 is 5.73 Å². The molecule has 3 aromatic heterocycles. The van der Waals surface area contributed by atoms with E-state index in [-0.39, 0.29) is 6.04 Å². The highest BCUT2D eigenvalue weighted by molar-refractivity contribution is 5.41. The van der Waals surface area contributed by atoms with Crippen LogP contribution in [0.1, 0.15) is 36.3 Å². The average molecular weight is 270 g/mol. The zero-order valence-corrected chi connectivity index (χ0v) is 11.7. The number of fused-ring (bicyclic) bond motifs is 1. The summed E-state index contributed by atoms with van der Waals surface area (Å²) in [5.41, 5.74) is 9.87. The van der Waals surface area contributed by atoms with Crippen molar-refractivity contribution < 1.29 is 0 Å². The zero-order valence-electron chi connectivity index (χ0n) is 11.7. The van der Waals surface area contributed by atoms with Crippen molar-refractivity contribution in [2.24, 2.45) is 5.73 Å². The summed E-state index contributed by atoms with van der Waals surface area (Å²) in [7, 11) is 0. The van der Waals surface area contributed by atoms with E-state index in [1.807, 2.05) is 29.8 Å². The van der Waals surface area contributed by atoms with Gasteiger partial charge in [0.1, 0.15) is 5.65 Å². The van der Waals surface area contributed by atoms with E-state index in [1.165, 1.54) is 5.56 Å². The van der Waals surface area contributed by atoms with Crippen LogP contribution in [0.4, 0.5) is 0 Å². The van der Waals surface area contributed by atoms with Crippen molar-refractivity contribution in [3.05, 3.63) is 47.7 Å². The third-order valence-electron chi connectivity index (χ3n) is 3.35. The molecule has 0 amide bonds. The van der Waals surface area contributed by atoms with E-state index in [2.05, 4.69) is 34.5 Å². The quantitative estimate of drug-likeness (QED) is 0.783. The predicted molar refractivity (Wildman–Crippen MR) is 76.3 cm³/mol. The Morgan fingerprint density at radius 1 is 1.25 bits per heavy atom. The summed E-state index contributed by atoms with van der Waals surface area (Å²) in [6.07, 6.45) is 6.82. The van der Waals surface area contributed by atoms with Gasteiger partial charge in [-0.2, -0.15) is 0 Å². The van der Waals surface area contributed by atoms with Gasteiger partial charge in [-0.15, -0.1) is 5.10 Å². The average Bonchev–Trinajstić information content (AvgIpc) is 3.04. The van der Waals surface area contributed by atoms with Gasteiger partial charge in [0.15, 0.2) is 0 Å². The van der Waals surface area contributed by atoms with E-state index in [9.17, 15) is 0 Å². The number of hydrogen-bond donors (Lipinski definition) is 1. The summed E-state index contributed by atoms with van der Waals surface area (Å²) in [5, 5.41) is 8.21. The summed E-state index contributed by atoms with van der Waals surface area (Å²) in [5.74, 6) is 0. The molecule has 20 heavy (non-hydrogen) atoms. The molecule has 3 heterocycles. The minimum absolute atomic E-state index is 0.0486. The SMILES string of the molecule is CCC(N)c1cn(Cc2cn3cc(C)ccc3n2)nn1. The highest BCUT2D eigenvalue weighted by Crippen LogP contribution is 2.11. The van der Waals surface area contributed by atoms with Crippen molar-refractivity contribution in [1.82, 2.24) is 24.4 Å². The molecular formula is C14H18N6. The van der Waals surface area contributed by atoms with Gasteiger partial charge in [-0.05, 0) is 25.0 Å². The van der Waals surface area contributed by atoms with Crippen LogP contribution in [-0.2, 0) is 6.54 Å². The molecule has 0 aliphatic rings. The topological polar surface area (TPSA) is 74.0 Å². The van der Waals surface area contributed by atoms with Gasteiger partial charge in [-0.1, -0.05) is 18.2 Å². The van der Waals surface area contributed by atoms with Gasteiger partial charge in [-0.25, -0.2) is 9.67 Å². The Balaban J connectivity index is 1.83. The minimum Gasteiger partial charge on any atom is -0.323 e. The molecule has 2 N–H and O–H groups in total. The van der Waals surface area contributed by atoms with Crippen LogP contribution in [0.15, 0.2) is 30.7 Å². The lowest BCUT2D eigenvalue weighted by molar-refractivity contribution is 0.637. The molecule has 6 nitrogen and oxygen atoms in total. The Labute approximate surface area is 117 Å². The van der Waals surface area contributed by atoms with Gasteiger partial charge in [0, 0.05) is 12.4 Å². The van der Waals surface area contributed by atoms with E-state index < -0.39 is 0 Å². The van der Waals surface area contributed by atoms with Crippen LogP contribution in [0.25, 0.3) is 5.65 Å². The lowest BCUT2D eigenvalue weighted by atomic mass is 10.2. The van der Waals surface area contributed by atoms with E-state index in [0.29, 0.717) is 6.54 Å². The lowest BCUT2D eigenvalue weighted by Gasteiger charge is -2.01. The molecule has 0 saturated carbocycles. The Kier molecular flexibility index (Phi) is 3.23. The number of nitrogens with zero attached hydrogens (tertiary/aromatic N) is 5. The maximum atomic E-state index is 5.94. The van der Waals surface area contributed by atoms with Crippen molar-refractivity contribution in [2.75, 3.05) is 0 Å². The van der Waals surface area contributed by atoms with Crippen LogP contribution in [0.3, 0.4) is 0 Å². The van der Waals surface area contributed by atoms with Gasteiger partial charge >= 0.3 is 0 Å². The molecule has 0 spiro atoms. The Hall–Kier alpha value is -2.21. The monoisotopic (exact) mass is 270 g/mol. The van der Waals surface area contributed by atoms with Crippen LogP contribution in [0, 0.1) is 6.92 Å². The molecule has 3 aromatic rings. The fourth-order valence-electron chi connectivity index (χ4n) is 2.17. The normalized spacial score (nSPS) is 12.9. The first kappa shape index (κ1) is 12.8. The first-order valence-electron chi connectivity index (χ1n) is 6.75. The maximum Gasteiger partial charge on any atom is 0.137 e. The smallest absolute Gasteiger partial charge is 0.137 e. The van der Waals surface area contributed by atoms with Crippen molar-refractivity contribution in [3.8, 4) is 0 Å². The first-order valence-corrected chi connectivity index (χ1v) is 6.75. The molecule has 0 aliphatic heterocycles. The number of imidazole rings is 1. The number of hydrogen-bond acceptors (Lipinski definition) is 4. The summed E-state index contributed by atoms with van der Waals surface area (Å²) < 4.78 is 3.81. The third kappa shape index (κ3) is 2.42. The molecule has 1 atom stereocenters. The molecule has 0 aliphatic carbocycles. The third-order valence-corrected chi connectivity index (χ3v) is 3.35. The summed E-state index contributed by atoms with van der Waals surface area (Å²) in [4.78, 5) is 4.57. The molecular weight excluding hydrogens is 252 g/mol. The largest absolute Gasteiger partial charge is 0.323 e. The van der Waals surface area contributed by atoms with Gasteiger partial charge in [0.05, 0.1) is 30.2 Å². The maximum absolute atomic E-state index is 5.94. The second-order valence-corrected chi connectivity index (χ2v) is 5.06. The molecule has 0 aromatic carbocycles. The Bertz CT molecular complexity index is 726. The molecule has 3 rings (SSSR count). The molecule has 0 bridgehead atoms. The summed E-state index contributed by atoms with van der Waals surface area (Å²) >= 11 is 0. The summed E-state index contributed by atoms with van der Waals surface area (Å²) in [6.45, 7) is 4.70. The standard InChI is InChI=1S/C14H18N6/c1-3-12(15)13-9-20(18-17-13)8-11-7-19-6-10(2)4-5-14(19)16-11/h4-7,9,12H,3,8,15H2,1-2H3. The van der Waals surface area contributed by atoms with Crippen LogP contribution >= 0.6 is 0 Å². The minimum atomic E-state index is -0.0486. The molecule has 104 valence electrons. The van der Waals surface area contributed by atoms with E-state index >= 15 is 0 Å². The first-order chi connectivity index (χ1) is 9.65. The highest BCUT2D eigenvalue weighted by Gasteiger charge is 2.09. The van der Waals surface area contributed by atoms with Gasteiger partial charge < -0.3 is 10.1 Å². The van der Waals surface area contributed by atoms with E-state index in [4.69, 9.17) is 5.73 Å². The number of rotatable bonds is 4. The van der Waals surface area contributed by atoms with E-state index in [1.54, 1.807) is 4.68 Å². The van der Waals surface area contributed by atoms with Crippen molar-refractivity contribution in [3.63, 3.8) is 0 Å². The molecule has 1 unspecified atom stereocenters. The number of nitrogens with two attached hydrogens (primary N) is 1. The molecule has 6 heteroatoms. The zero-order chi connectivity index (χ0) is 14.1. The second-order valence-electron chi connectivity index (χ2n) is 5.06. The van der Waals surface area contributed by atoms with Crippen LogP contribution in [-0.4, -0.2) is 24.4 Å². The van der Waals surface area contributed by atoms with Gasteiger partial charge in [-0.3, -0.25) is 0 Å². The van der Waals surface area contributed by atoms with Crippen molar-refractivity contribution in [1.29, 1.82) is 0 Å². The molecule has 0 radical (unpaired) electrons. The van der Waals surface area contributed by atoms with Gasteiger partial charge in [0.2, 0.25) is 0 Å². The lowest BCUT2D eigenvalue weighted by Crippen LogP contribution is -2.08. The molecule has 0 saturated heterocycles. The number of pyridine rings is 1. The van der Waals surface area contributed by atoms with E-state index in [0.717, 1.165) is 23.5 Å². The Morgan fingerprint density at radius 2 is 2.10 bits per heavy atom. The van der Waals surface area contributed by atoms with Crippen molar-refractivity contribution >= 4 is 5.65 Å². The van der Waals surface area contributed by atoms with Crippen LogP contribution in [0.5, 0.6) is 0 Å². The Morgan fingerprint density at radius 3 is 2.90 bits per heavy atom.